The molecule has 2 aromatic rings. The molecule has 0 radical (unpaired) electrons. The number of hydrogen-bond donors (Lipinski definition) is 0. The Hall–Kier alpha value is -2.04. The van der Waals surface area contributed by atoms with Gasteiger partial charge in [-0.2, -0.15) is 0 Å². The van der Waals surface area contributed by atoms with Crippen LogP contribution in [0.2, 0.25) is 0 Å². The third kappa shape index (κ3) is 1.28. The van der Waals surface area contributed by atoms with Crippen molar-refractivity contribution in [1.29, 1.82) is 0 Å². The zero-order valence-electron chi connectivity index (χ0n) is 7.25. The smallest absolute Gasteiger partial charge is 0.269 e. The van der Waals surface area contributed by atoms with Gasteiger partial charge in [0.15, 0.2) is 0 Å². The molecule has 0 fully saturated rings. The van der Waals surface area contributed by atoms with Gasteiger partial charge in [0.05, 0.1) is 30.0 Å². The number of aromatic nitrogens is 3. The Balaban J connectivity index is 2.82. The van der Waals surface area contributed by atoms with E-state index < -0.39 is 0 Å². The first-order valence-electron chi connectivity index (χ1n) is 4.06. The van der Waals surface area contributed by atoms with Crippen LogP contribution in [0.15, 0.2) is 29.5 Å². The molecule has 0 aliphatic rings. The molecule has 0 aliphatic carbocycles. The van der Waals surface area contributed by atoms with Gasteiger partial charge in [-0.05, 0) is 6.07 Å². The van der Waals surface area contributed by atoms with Crippen LogP contribution in [0.1, 0.15) is 0 Å². The Morgan fingerprint density at radius 3 is 3.07 bits per heavy atom. The number of fused-ring (bicyclic) bond motifs is 1. The summed E-state index contributed by atoms with van der Waals surface area (Å²) in [5.41, 5.74) is 0.936. The molecule has 2 aromatic heterocycles. The highest BCUT2D eigenvalue weighted by molar-refractivity contribution is 5.73. The monoisotopic (exact) mass is 189 g/mol. The van der Waals surface area contributed by atoms with E-state index in [0.717, 1.165) is 0 Å². The molecule has 0 amide bonds. The summed E-state index contributed by atoms with van der Waals surface area (Å²) in [6.45, 7) is 0.0313. The zero-order chi connectivity index (χ0) is 9.97. The van der Waals surface area contributed by atoms with Gasteiger partial charge in [0, 0.05) is 6.20 Å². The Kier molecular flexibility index (Phi) is 2.06. The van der Waals surface area contributed by atoms with Crippen LogP contribution < -0.4 is 5.56 Å². The van der Waals surface area contributed by atoms with Crippen molar-refractivity contribution in [2.24, 2.45) is 0 Å². The first-order chi connectivity index (χ1) is 6.83. The van der Waals surface area contributed by atoms with Crippen LogP contribution in [0.25, 0.3) is 11.0 Å². The van der Waals surface area contributed by atoms with E-state index in [2.05, 4.69) is 9.97 Å². The predicted molar refractivity (Wildman–Crippen MR) is 49.9 cm³/mol. The average molecular weight is 189 g/mol. The first-order valence-corrected chi connectivity index (χ1v) is 4.06. The highest BCUT2D eigenvalue weighted by atomic mass is 16.1. The van der Waals surface area contributed by atoms with E-state index >= 15 is 0 Å². The maximum absolute atomic E-state index is 11.3. The van der Waals surface area contributed by atoms with Crippen molar-refractivity contribution < 1.29 is 4.79 Å². The van der Waals surface area contributed by atoms with Crippen LogP contribution in [0.5, 0.6) is 0 Å². The number of nitrogens with zero attached hydrogens (tertiary/aromatic N) is 3. The fraction of sp³-hybridized carbons (Fsp3) is 0.111. The average Bonchev–Trinajstić information content (AvgIpc) is 2.23. The number of aldehydes is 1. The van der Waals surface area contributed by atoms with Crippen molar-refractivity contribution in [2.45, 2.75) is 6.54 Å². The summed E-state index contributed by atoms with van der Waals surface area (Å²) in [6, 6.07) is 1.69. The summed E-state index contributed by atoms with van der Waals surface area (Å²) in [5.74, 6) is 0. The molecule has 0 aromatic carbocycles. The normalized spacial score (nSPS) is 10.3. The summed E-state index contributed by atoms with van der Waals surface area (Å²) in [6.07, 6.45) is 4.98. The van der Waals surface area contributed by atoms with Crippen LogP contribution in [0.3, 0.4) is 0 Å². The third-order valence-electron chi connectivity index (χ3n) is 1.91. The SMILES string of the molecule is O=CCn1c(=O)cnc2ccncc21. The summed E-state index contributed by atoms with van der Waals surface area (Å²) >= 11 is 0. The van der Waals surface area contributed by atoms with Gasteiger partial charge in [0.25, 0.3) is 5.56 Å². The number of rotatable bonds is 2. The standard InChI is InChI=1S/C9H7N3O2/c13-4-3-12-8-5-10-2-1-7(8)11-6-9(12)14/h1-2,4-6H,3H2. The molecule has 5 nitrogen and oxygen atoms in total. The zero-order valence-corrected chi connectivity index (χ0v) is 7.25. The number of carbonyl (C=O) groups excluding carboxylic acids is 1. The molecule has 5 heteroatoms. The van der Waals surface area contributed by atoms with Crippen LogP contribution in [-0.2, 0) is 11.3 Å². The molecular weight excluding hydrogens is 182 g/mol. The van der Waals surface area contributed by atoms with E-state index in [-0.39, 0.29) is 12.1 Å². The number of carbonyl (C=O) groups is 1. The molecule has 0 N–H and O–H groups in total. The van der Waals surface area contributed by atoms with Gasteiger partial charge in [0.1, 0.15) is 6.29 Å². The van der Waals surface area contributed by atoms with Gasteiger partial charge < -0.3 is 4.79 Å². The third-order valence-corrected chi connectivity index (χ3v) is 1.91. The van der Waals surface area contributed by atoms with Gasteiger partial charge in [-0.25, -0.2) is 4.98 Å². The molecule has 0 aliphatic heterocycles. The van der Waals surface area contributed by atoms with E-state index in [1.54, 1.807) is 12.3 Å². The summed E-state index contributed by atoms with van der Waals surface area (Å²) in [7, 11) is 0. The van der Waals surface area contributed by atoms with E-state index in [0.29, 0.717) is 17.3 Å². The maximum atomic E-state index is 11.3. The van der Waals surface area contributed by atoms with Crippen molar-refractivity contribution in [2.75, 3.05) is 0 Å². The quantitative estimate of drug-likeness (QED) is 0.623. The lowest BCUT2D eigenvalue weighted by Crippen LogP contribution is -2.21. The van der Waals surface area contributed by atoms with Gasteiger partial charge in [-0.3, -0.25) is 14.3 Å². The Morgan fingerprint density at radius 2 is 2.29 bits per heavy atom. The van der Waals surface area contributed by atoms with Crippen molar-refractivity contribution in [1.82, 2.24) is 14.5 Å². The fourth-order valence-corrected chi connectivity index (χ4v) is 1.27. The molecule has 0 unspecified atom stereocenters. The van der Waals surface area contributed by atoms with E-state index in [1.165, 1.54) is 17.0 Å². The van der Waals surface area contributed by atoms with Gasteiger partial charge >= 0.3 is 0 Å². The van der Waals surface area contributed by atoms with E-state index in [1.807, 2.05) is 0 Å². The Labute approximate surface area is 79.0 Å². The fourth-order valence-electron chi connectivity index (χ4n) is 1.27. The first kappa shape index (κ1) is 8.55. The second kappa shape index (κ2) is 3.37. The van der Waals surface area contributed by atoms with Crippen LogP contribution in [0, 0.1) is 0 Å². The van der Waals surface area contributed by atoms with Crippen molar-refractivity contribution in [3.63, 3.8) is 0 Å². The largest absolute Gasteiger partial charge is 0.301 e. The van der Waals surface area contributed by atoms with Gasteiger partial charge in [-0.15, -0.1) is 0 Å². The lowest BCUT2D eigenvalue weighted by molar-refractivity contribution is -0.108. The minimum Gasteiger partial charge on any atom is -0.301 e. The molecule has 2 heterocycles. The van der Waals surface area contributed by atoms with Crippen LogP contribution in [0.4, 0.5) is 0 Å². The molecular formula is C9H7N3O2. The lowest BCUT2D eigenvalue weighted by atomic mass is 10.4. The van der Waals surface area contributed by atoms with Crippen LogP contribution in [-0.4, -0.2) is 20.8 Å². The number of hydrogen-bond acceptors (Lipinski definition) is 4. The molecule has 0 spiro atoms. The molecule has 2 rings (SSSR count). The van der Waals surface area contributed by atoms with Gasteiger partial charge in [-0.1, -0.05) is 0 Å². The molecule has 0 bridgehead atoms. The summed E-state index contributed by atoms with van der Waals surface area (Å²) in [5, 5.41) is 0. The lowest BCUT2D eigenvalue weighted by Gasteiger charge is -2.03. The summed E-state index contributed by atoms with van der Waals surface area (Å²) in [4.78, 5) is 29.5. The Bertz CT molecular complexity index is 533. The summed E-state index contributed by atoms with van der Waals surface area (Å²) < 4.78 is 1.34. The molecule has 0 saturated heterocycles. The topological polar surface area (TPSA) is 64.8 Å². The molecule has 14 heavy (non-hydrogen) atoms. The second-order valence-corrected chi connectivity index (χ2v) is 2.74. The Morgan fingerprint density at radius 1 is 1.43 bits per heavy atom. The van der Waals surface area contributed by atoms with Gasteiger partial charge in [0.2, 0.25) is 0 Å². The van der Waals surface area contributed by atoms with Crippen molar-refractivity contribution >= 4 is 17.3 Å². The van der Waals surface area contributed by atoms with E-state index in [9.17, 15) is 9.59 Å². The van der Waals surface area contributed by atoms with Crippen LogP contribution >= 0.6 is 0 Å². The highest BCUT2D eigenvalue weighted by Crippen LogP contribution is 2.05. The minimum atomic E-state index is -0.294. The van der Waals surface area contributed by atoms with E-state index in [4.69, 9.17) is 0 Å². The number of pyridine rings is 1. The minimum absolute atomic E-state index is 0.0313. The highest BCUT2D eigenvalue weighted by Gasteiger charge is 2.02. The van der Waals surface area contributed by atoms with Crippen molar-refractivity contribution in [3.05, 3.63) is 35.0 Å². The second-order valence-electron chi connectivity index (χ2n) is 2.74. The van der Waals surface area contributed by atoms with Crippen molar-refractivity contribution in [3.8, 4) is 0 Å². The molecule has 0 atom stereocenters. The predicted octanol–water partition coefficient (Wildman–Crippen LogP) is -0.00960. The molecule has 70 valence electrons. The maximum Gasteiger partial charge on any atom is 0.269 e. The molecule has 0 saturated carbocycles.